The van der Waals surface area contributed by atoms with Crippen LogP contribution in [0.4, 0.5) is 5.69 Å². The van der Waals surface area contributed by atoms with Crippen LogP contribution < -0.4 is 10.1 Å². The van der Waals surface area contributed by atoms with Crippen molar-refractivity contribution < 1.29 is 14.3 Å². The monoisotopic (exact) mass is 400 g/mol. The topological polar surface area (TPSA) is 68.6 Å². The number of hydrogen-bond acceptors (Lipinski definition) is 5. The summed E-state index contributed by atoms with van der Waals surface area (Å²) in [5.74, 6) is 0.607. The summed E-state index contributed by atoms with van der Waals surface area (Å²) in [5, 5.41) is 7.50. The maximum absolute atomic E-state index is 12.6. The number of hydrogen-bond donors (Lipinski definition) is 1. The molecule has 1 aliphatic heterocycles. The average Bonchev–Trinajstić information content (AvgIpc) is 2.96. The molecule has 7 nitrogen and oxygen atoms in total. The van der Waals surface area contributed by atoms with Crippen LogP contribution in [0.3, 0.4) is 0 Å². The van der Waals surface area contributed by atoms with Gasteiger partial charge in [0, 0.05) is 31.0 Å². The van der Waals surface area contributed by atoms with Gasteiger partial charge in [-0.25, -0.2) is 0 Å². The molecule has 0 spiro atoms. The first kappa shape index (κ1) is 21.3. The lowest BCUT2D eigenvalue weighted by atomic mass is 10.1. The number of morpholine rings is 1. The van der Waals surface area contributed by atoms with Crippen molar-refractivity contribution in [3.05, 3.63) is 41.2 Å². The van der Waals surface area contributed by atoms with Gasteiger partial charge in [0.2, 0.25) is 5.91 Å². The molecule has 1 N–H and O–H groups in total. The molecule has 0 radical (unpaired) electrons. The van der Waals surface area contributed by atoms with Gasteiger partial charge >= 0.3 is 0 Å². The fourth-order valence-electron chi connectivity index (χ4n) is 3.32. The van der Waals surface area contributed by atoms with Gasteiger partial charge in [0.25, 0.3) is 0 Å². The van der Waals surface area contributed by atoms with E-state index >= 15 is 0 Å². The first-order valence-electron chi connectivity index (χ1n) is 10.3. The van der Waals surface area contributed by atoms with Gasteiger partial charge in [0.05, 0.1) is 31.4 Å². The van der Waals surface area contributed by atoms with Crippen molar-refractivity contribution >= 4 is 11.6 Å². The zero-order valence-corrected chi connectivity index (χ0v) is 17.9. The third-order valence-electron chi connectivity index (χ3n) is 5.54. The molecule has 0 unspecified atom stereocenters. The molecule has 0 bridgehead atoms. The van der Waals surface area contributed by atoms with E-state index in [1.54, 1.807) is 0 Å². The molecule has 2 aromatic rings. The standard InChI is InChI=1S/C22H32N4O3/c1-16(15-26-19(4)17(2)18(3)24-26)22(27)23-20-5-7-21(8-6-20)29-14-11-25-9-12-28-13-10-25/h5-8,16H,9-15H2,1-4H3,(H,23,27)/t16-/m0/s1. The van der Waals surface area contributed by atoms with Crippen molar-refractivity contribution in [1.29, 1.82) is 0 Å². The Morgan fingerprint density at radius 2 is 1.90 bits per heavy atom. The van der Waals surface area contributed by atoms with Crippen LogP contribution in [0.1, 0.15) is 23.9 Å². The van der Waals surface area contributed by atoms with E-state index in [9.17, 15) is 4.79 Å². The Morgan fingerprint density at radius 1 is 1.21 bits per heavy atom. The number of carbonyl (C=O) groups is 1. The second-order valence-corrected chi connectivity index (χ2v) is 7.70. The minimum Gasteiger partial charge on any atom is -0.492 e. The molecule has 1 aromatic carbocycles. The number of benzene rings is 1. The summed E-state index contributed by atoms with van der Waals surface area (Å²) in [6.07, 6.45) is 0. The molecule has 0 aliphatic carbocycles. The number of anilines is 1. The molecule has 158 valence electrons. The molecule has 0 saturated carbocycles. The van der Waals surface area contributed by atoms with Crippen LogP contribution in [-0.2, 0) is 16.1 Å². The Kier molecular flexibility index (Phi) is 7.28. The van der Waals surface area contributed by atoms with Crippen molar-refractivity contribution in [2.24, 2.45) is 5.92 Å². The summed E-state index contributed by atoms with van der Waals surface area (Å²) in [6.45, 7) is 13.6. The molecule has 7 heteroatoms. The Labute approximate surface area is 173 Å². The molecule has 1 aliphatic rings. The predicted octanol–water partition coefficient (Wildman–Crippen LogP) is 2.79. The predicted molar refractivity (Wildman–Crippen MR) is 113 cm³/mol. The van der Waals surface area contributed by atoms with Gasteiger partial charge in [-0.15, -0.1) is 0 Å². The molecule has 2 heterocycles. The Bertz CT molecular complexity index is 810. The van der Waals surface area contributed by atoms with E-state index < -0.39 is 0 Å². The molecule has 1 amide bonds. The number of aryl methyl sites for hydroxylation is 1. The quantitative estimate of drug-likeness (QED) is 0.738. The normalized spacial score (nSPS) is 15.9. The van der Waals surface area contributed by atoms with E-state index in [2.05, 4.69) is 22.2 Å². The van der Waals surface area contributed by atoms with Crippen LogP contribution in [0.5, 0.6) is 5.75 Å². The fourth-order valence-corrected chi connectivity index (χ4v) is 3.32. The number of ether oxygens (including phenoxy) is 2. The molecule has 29 heavy (non-hydrogen) atoms. The highest BCUT2D eigenvalue weighted by molar-refractivity contribution is 5.92. The van der Waals surface area contributed by atoms with Gasteiger partial charge in [-0.3, -0.25) is 14.4 Å². The number of nitrogens with one attached hydrogen (secondary N) is 1. The minimum absolute atomic E-state index is 0.0174. The molecule has 3 rings (SSSR count). The van der Waals surface area contributed by atoms with E-state index in [-0.39, 0.29) is 11.8 Å². The van der Waals surface area contributed by atoms with Crippen LogP contribution >= 0.6 is 0 Å². The lowest BCUT2D eigenvalue weighted by Gasteiger charge is -2.26. The van der Waals surface area contributed by atoms with E-state index in [1.807, 2.05) is 49.7 Å². The summed E-state index contributed by atoms with van der Waals surface area (Å²) < 4.78 is 13.1. The SMILES string of the molecule is Cc1nn(C[C@H](C)C(=O)Nc2ccc(OCCN3CCOCC3)cc2)c(C)c1C. The lowest BCUT2D eigenvalue weighted by molar-refractivity contribution is -0.119. The molecule has 1 atom stereocenters. The Morgan fingerprint density at radius 3 is 2.52 bits per heavy atom. The smallest absolute Gasteiger partial charge is 0.229 e. The summed E-state index contributed by atoms with van der Waals surface area (Å²) in [5.41, 5.74) is 4.08. The van der Waals surface area contributed by atoms with E-state index in [0.29, 0.717) is 13.2 Å². The number of amides is 1. The largest absolute Gasteiger partial charge is 0.492 e. The molecule has 1 saturated heterocycles. The minimum atomic E-state index is -0.183. The van der Waals surface area contributed by atoms with Crippen LogP contribution in [0.25, 0.3) is 0 Å². The Balaban J connectivity index is 1.45. The third-order valence-corrected chi connectivity index (χ3v) is 5.54. The first-order valence-corrected chi connectivity index (χ1v) is 10.3. The van der Waals surface area contributed by atoms with Crippen molar-refractivity contribution in [2.45, 2.75) is 34.2 Å². The first-order chi connectivity index (χ1) is 13.9. The van der Waals surface area contributed by atoms with E-state index in [4.69, 9.17) is 9.47 Å². The maximum Gasteiger partial charge on any atom is 0.229 e. The Hall–Kier alpha value is -2.38. The van der Waals surface area contributed by atoms with Crippen LogP contribution in [0.15, 0.2) is 24.3 Å². The maximum atomic E-state index is 12.6. The van der Waals surface area contributed by atoms with Crippen LogP contribution in [0, 0.1) is 26.7 Å². The van der Waals surface area contributed by atoms with Crippen LogP contribution in [-0.4, -0.2) is 60.0 Å². The molecule has 1 aromatic heterocycles. The highest BCUT2D eigenvalue weighted by atomic mass is 16.5. The summed E-state index contributed by atoms with van der Waals surface area (Å²) in [7, 11) is 0. The fraction of sp³-hybridized carbons (Fsp3) is 0.545. The van der Waals surface area contributed by atoms with Gasteiger partial charge in [-0.1, -0.05) is 6.92 Å². The second kappa shape index (κ2) is 9.89. The zero-order chi connectivity index (χ0) is 20.8. The zero-order valence-electron chi connectivity index (χ0n) is 17.9. The van der Waals surface area contributed by atoms with Crippen molar-refractivity contribution in [3.8, 4) is 5.75 Å². The van der Waals surface area contributed by atoms with Gasteiger partial charge in [-0.05, 0) is 50.6 Å². The number of aromatic nitrogens is 2. The van der Waals surface area contributed by atoms with Crippen LogP contribution in [0.2, 0.25) is 0 Å². The van der Waals surface area contributed by atoms with E-state index in [1.165, 1.54) is 5.56 Å². The van der Waals surface area contributed by atoms with Crippen molar-refractivity contribution in [3.63, 3.8) is 0 Å². The highest BCUT2D eigenvalue weighted by Gasteiger charge is 2.17. The average molecular weight is 401 g/mol. The van der Waals surface area contributed by atoms with Crippen molar-refractivity contribution in [2.75, 3.05) is 44.8 Å². The number of nitrogens with zero attached hydrogens (tertiary/aromatic N) is 3. The highest BCUT2D eigenvalue weighted by Crippen LogP contribution is 2.18. The second-order valence-electron chi connectivity index (χ2n) is 7.70. The van der Waals surface area contributed by atoms with Gasteiger partial charge < -0.3 is 14.8 Å². The van der Waals surface area contributed by atoms with Gasteiger partial charge in [0.15, 0.2) is 0 Å². The van der Waals surface area contributed by atoms with Gasteiger partial charge in [-0.2, -0.15) is 5.10 Å². The van der Waals surface area contributed by atoms with E-state index in [0.717, 1.165) is 55.7 Å². The van der Waals surface area contributed by atoms with Gasteiger partial charge in [0.1, 0.15) is 12.4 Å². The summed E-state index contributed by atoms with van der Waals surface area (Å²) in [6, 6.07) is 7.54. The number of carbonyl (C=O) groups excluding carboxylic acids is 1. The third kappa shape index (κ3) is 5.81. The van der Waals surface area contributed by atoms with Crippen molar-refractivity contribution in [1.82, 2.24) is 14.7 Å². The summed E-state index contributed by atoms with van der Waals surface area (Å²) in [4.78, 5) is 14.9. The molecular weight excluding hydrogens is 368 g/mol. The number of rotatable bonds is 8. The lowest BCUT2D eigenvalue weighted by Crippen LogP contribution is -2.38. The molecular formula is C22H32N4O3. The molecule has 1 fully saturated rings. The summed E-state index contributed by atoms with van der Waals surface area (Å²) >= 11 is 0.